The molecular formula is C14H10BrN3O2. The minimum absolute atomic E-state index is 0.455. The van der Waals surface area contributed by atoms with E-state index in [1.54, 1.807) is 30.5 Å². The highest BCUT2D eigenvalue weighted by Gasteiger charge is 2.08. The van der Waals surface area contributed by atoms with Gasteiger partial charge in [0, 0.05) is 10.7 Å². The number of fused-ring (bicyclic) bond motifs is 1. The van der Waals surface area contributed by atoms with Crippen molar-refractivity contribution in [2.45, 2.75) is 0 Å². The topological polar surface area (TPSA) is 55.6 Å². The van der Waals surface area contributed by atoms with Crippen LogP contribution >= 0.6 is 15.9 Å². The second kappa shape index (κ2) is 5.34. The van der Waals surface area contributed by atoms with E-state index in [1.807, 2.05) is 28.8 Å². The number of nitrogens with zero attached hydrogens (tertiary/aromatic N) is 2. The van der Waals surface area contributed by atoms with E-state index in [9.17, 15) is 4.79 Å². The smallest absolute Gasteiger partial charge is 0.336 e. The van der Waals surface area contributed by atoms with Gasteiger partial charge < -0.3 is 9.24 Å². The Kier molecular flexibility index (Phi) is 3.39. The Hall–Kier alpha value is -2.34. The van der Waals surface area contributed by atoms with Gasteiger partial charge in [-0.2, -0.15) is 5.48 Å². The fraction of sp³-hybridized carbons (Fsp3) is 0. The van der Waals surface area contributed by atoms with Crippen LogP contribution in [0.4, 0.5) is 5.82 Å². The summed E-state index contributed by atoms with van der Waals surface area (Å²) in [5, 5.41) is 0. The first-order valence-electron chi connectivity index (χ1n) is 5.89. The van der Waals surface area contributed by atoms with Gasteiger partial charge in [0.2, 0.25) is 0 Å². The van der Waals surface area contributed by atoms with Gasteiger partial charge in [-0.3, -0.25) is 0 Å². The third kappa shape index (κ3) is 2.65. The quantitative estimate of drug-likeness (QED) is 0.748. The molecule has 0 radical (unpaired) electrons. The number of benzene rings is 1. The molecule has 6 heteroatoms. The molecule has 0 fully saturated rings. The van der Waals surface area contributed by atoms with Crippen LogP contribution in [0.3, 0.4) is 0 Å². The van der Waals surface area contributed by atoms with Gasteiger partial charge in [0.05, 0.1) is 11.8 Å². The van der Waals surface area contributed by atoms with Gasteiger partial charge in [-0.1, -0.05) is 18.2 Å². The molecule has 0 amide bonds. The normalized spacial score (nSPS) is 10.4. The largest absolute Gasteiger partial charge is 0.362 e. The van der Waals surface area contributed by atoms with E-state index in [2.05, 4.69) is 26.4 Å². The summed E-state index contributed by atoms with van der Waals surface area (Å²) in [7, 11) is 0. The fourth-order valence-corrected chi connectivity index (χ4v) is 2.10. The third-order valence-electron chi connectivity index (χ3n) is 2.67. The van der Waals surface area contributed by atoms with E-state index >= 15 is 0 Å². The molecule has 20 heavy (non-hydrogen) atoms. The number of rotatable bonds is 3. The zero-order valence-electron chi connectivity index (χ0n) is 10.3. The van der Waals surface area contributed by atoms with Crippen molar-refractivity contribution in [2.75, 3.05) is 5.48 Å². The minimum atomic E-state index is -0.455. The molecule has 0 aliphatic rings. The van der Waals surface area contributed by atoms with Crippen molar-refractivity contribution in [3.8, 4) is 0 Å². The lowest BCUT2D eigenvalue weighted by molar-refractivity contribution is 0.0595. The Morgan fingerprint density at radius 1 is 1.15 bits per heavy atom. The van der Waals surface area contributed by atoms with Crippen LogP contribution < -0.4 is 5.48 Å². The molecule has 5 nitrogen and oxygen atoms in total. The highest BCUT2D eigenvalue weighted by molar-refractivity contribution is 9.10. The second-order valence-corrected chi connectivity index (χ2v) is 5.01. The Labute approximate surface area is 123 Å². The van der Waals surface area contributed by atoms with E-state index < -0.39 is 5.97 Å². The highest BCUT2D eigenvalue weighted by Crippen LogP contribution is 2.15. The standard InChI is InChI=1S/C14H10BrN3O2/c15-11-6-7-13-16-12(9-18(13)8-11)17-20-14(19)10-4-2-1-3-5-10/h1-9,17H. The van der Waals surface area contributed by atoms with Gasteiger partial charge in [-0.25, -0.2) is 9.78 Å². The summed E-state index contributed by atoms with van der Waals surface area (Å²) in [6, 6.07) is 12.5. The second-order valence-electron chi connectivity index (χ2n) is 4.10. The van der Waals surface area contributed by atoms with Gasteiger partial charge in [0.25, 0.3) is 0 Å². The first kappa shape index (κ1) is 12.7. The maximum atomic E-state index is 11.8. The summed E-state index contributed by atoms with van der Waals surface area (Å²) in [6.07, 6.45) is 3.60. The van der Waals surface area contributed by atoms with Crippen LogP contribution in [0.25, 0.3) is 5.65 Å². The summed E-state index contributed by atoms with van der Waals surface area (Å²) in [5.74, 6) is 0.0104. The Morgan fingerprint density at radius 3 is 2.75 bits per heavy atom. The van der Waals surface area contributed by atoms with Crippen LogP contribution in [0.2, 0.25) is 0 Å². The SMILES string of the molecule is O=C(ONc1cn2cc(Br)ccc2n1)c1ccccc1. The predicted octanol–water partition coefficient (Wildman–Crippen LogP) is 3.28. The average molecular weight is 332 g/mol. The summed E-state index contributed by atoms with van der Waals surface area (Å²) in [5.41, 5.74) is 3.79. The maximum Gasteiger partial charge on any atom is 0.362 e. The fourth-order valence-electron chi connectivity index (χ4n) is 1.75. The van der Waals surface area contributed by atoms with Crippen molar-refractivity contribution >= 4 is 33.4 Å². The minimum Gasteiger partial charge on any atom is -0.336 e. The molecule has 2 aromatic heterocycles. The number of pyridine rings is 1. The van der Waals surface area contributed by atoms with Crippen LogP contribution in [-0.4, -0.2) is 15.4 Å². The van der Waals surface area contributed by atoms with Crippen molar-refractivity contribution in [1.29, 1.82) is 0 Å². The molecule has 0 unspecified atom stereocenters. The molecular weight excluding hydrogens is 322 g/mol. The van der Waals surface area contributed by atoms with Gasteiger partial charge in [-0.05, 0) is 40.2 Å². The molecule has 3 aromatic rings. The number of carbonyl (C=O) groups excluding carboxylic acids is 1. The first-order valence-corrected chi connectivity index (χ1v) is 6.68. The van der Waals surface area contributed by atoms with Crippen LogP contribution in [0, 0.1) is 0 Å². The van der Waals surface area contributed by atoms with Crippen molar-refractivity contribution in [3.63, 3.8) is 0 Å². The molecule has 3 rings (SSSR count). The number of halogens is 1. The van der Waals surface area contributed by atoms with Crippen LogP contribution in [-0.2, 0) is 4.84 Å². The Balaban J connectivity index is 1.72. The Morgan fingerprint density at radius 2 is 1.95 bits per heavy atom. The number of aromatic nitrogens is 2. The van der Waals surface area contributed by atoms with Gasteiger partial charge in [0.15, 0.2) is 5.82 Å². The van der Waals surface area contributed by atoms with E-state index in [4.69, 9.17) is 4.84 Å². The molecule has 0 saturated heterocycles. The number of imidazole rings is 1. The first-order chi connectivity index (χ1) is 9.72. The van der Waals surface area contributed by atoms with Crippen molar-refractivity contribution in [3.05, 3.63) is 64.9 Å². The number of hydrogen-bond donors (Lipinski definition) is 1. The van der Waals surface area contributed by atoms with Crippen LogP contribution in [0.15, 0.2) is 59.3 Å². The molecule has 0 bridgehead atoms. The average Bonchev–Trinajstić information content (AvgIpc) is 2.87. The summed E-state index contributed by atoms with van der Waals surface area (Å²) in [4.78, 5) is 21.0. The lowest BCUT2D eigenvalue weighted by Gasteiger charge is -2.03. The molecule has 0 aliphatic heterocycles. The summed E-state index contributed by atoms with van der Waals surface area (Å²) >= 11 is 3.38. The van der Waals surface area contributed by atoms with Gasteiger partial charge in [-0.15, -0.1) is 0 Å². The van der Waals surface area contributed by atoms with Crippen molar-refractivity contribution in [2.24, 2.45) is 0 Å². The number of anilines is 1. The molecule has 1 aromatic carbocycles. The van der Waals surface area contributed by atoms with E-state index in [0.717, 1.165) is 10.1 Å². The van der Waals surface area contributed by atoms with Crippen molar-refractivity contribution < 1.29 is 9.63 Å². The molecule has 1 N–H and O–H groups in total. The molecule has 100 valence electrons. The molecule has 0 atom stereocenters. The zero-order valence-corrected chi connectivity index (χ0v) is 11.9. The van der Waals surface area contributed by atoms with Gasteiger partial charge in [0.1, 0.15) is 5.65 Å². The monoisotopic (exact) mass is 331 g/mol. The molecule has 0 saturated carbocycles. The molecule has 2 heterocycles. The van der Waals surface area contributed by atoms with E-state index in [1.165, 1.54) is 0 Å². The highest BCUT2D eigenvalue weighted by atomic mass is 79.9. The third-order valence-corrected chi connectivity index (χ3v) is 3.14. The molecule has 0 aliphatic carbocycles. The Bertz CT molecular complexity index is 755. The number of carbonyl (C=O) groups is 1. The lowest BCUT2D eigenvalue weighted by Crippen LogP contribution is -2.10. The maximum absolute atomic E-state index is 11.8. The van der Waals surface area contributed by atoms with Gasteiger partial charge >= 0.3 is 5.97 Å². The van der Waals surface area contributed by atoms with Crippen LogP contribution in [0.5, 0.6) is 0 Å². The van der Waals surface area contributed by atoms with E-state index in [-0.39, 0.29) is 0 Å². The van der Waals surface area contributed by atoms with Crippen LogP contribution in [0.1, 0.15) is 10.4 Å². The zero-order chi connectivity index (χ0) is 13.9. The van der Waals surface area contributed by atoms with E-state index in [0.29, 0.717) is 11.4 Å². The van der Waals surface area contributed by atoms with Crippen molar-refractivity contribution in [1.82, 2.24) is 9.38 Å². The lowest BCUT2D eigenvalue weighted by atomic mass is 10.2. The summed E-state index contributed by atoms with van der Waals surface area (Å²) < 4.78 is 2.76. The number of nitrogens with one attached hydrogen (secondary N) is 1. The predicted molar refractivity (Wildman–Crippen MR) is 78.4 cm³/mol. The molecule has 0 spiro atoms. The summed E-state index contributed by atoms with van der Waals surface area (Å²) in [6.45, 7) is 0. The number of hydrogen-bond acceptors (Lipinski definition) is 4.